The SMILES string of the molecule is CC(C)=CCC/C(C)=C/CC/C(C)=C/Cn1c(=O)c(F)cn([C@@H]2O[C@H](CO)C(O)C2O)c1=O. The molecule has 2 heterocycles. The fourth-order valence-electron chi connectivity index (χ4n) is 3.63. The molecule has 2 unspecified atom stereocenters. The Morgan fingerprint density at radius 1 is 1.03 bits per heavy atom. The molecule has 1 fully saturated rings. The van der Waals surface area contributed by atoms with Crippen molar-refractivity contribution in [2.75, 3.05) is 6.61 Å². The zero-order valence-corrected chi connectivity index (χ0v) is 19.7. The zero-order chi connectivity index (χ0) is 24.7. The highest BCUT2D eigenvalue weighted by atomic mass is 19.1. The Morgan fingerprint density at radius 2 is 1.64 bits per heavy atom. The van der Waals surface area contributed by atoms with Crippen molar-refractivity contribution in [3.8, 4) is 0 Å². The monoisotopic (exact) mass is 466 g/mol. The van der Waals surface area contributed by atoms with Crippen LogP contribution in [0, 0.1) is 5.82 Å². The molecule has 184 valence electrons. The molecular weight excluding hydrogens is 431 g/mol. The van der Waals surface area contributed by atoms with E-state index in [0.717, 1.165) is 35.8 Å². The Morgan fingerprint density at radius 3 is 2.21 bits per heavy atom. The molecule has 1 aromatic heterocycles. The summed E-state index contributed by atoms with van der Waals surface area (Å²) in [6.07, 6.45) is 4.70. The van der Waals surface area contributed by atoms with Crippen molar-refractivity contribution in [3.05, 3.63) is 67.8 Å². The second kappa shape index (κ2) is 12.2. The van der Waals surface area contributed by atoms with E-state index in [-0.39, 0.29) is 6.54 Å². The van der Waals surface area contributed by atoms with E-state index >= 15 is 0 Å². The van der Waals surface area contributed by atoms with Crippen molar-refractivity contribution in [1.29, 1.82) is 0 Å². The van der Waals surface area contributed by atoms with Gasteiger partial charge in [-0.05, 0) is 53.4 Å². The number of aliphatic hydroxyl groups excluding tert-OH is 3. The largest absolute Gasteiger partial charge is 0.394 e. The Kier molecular flexibility index (Phi) is 9.97. The number of allylic oxidation sites excluding steroid dienone is 6. The average molecular weight is 467 g/mol. The van der Waals surface area contributed by atoms with Crippen LogP contribution >= 0.6 is 0 Å². The van der Waals surface area contributed by atoms with Crippen LogP contribution in [0.4, 0.5) is 4.39 Å². The number of aromatic nitrogens is 2. The third kappa shape index (κ3) is 7.07. The van der Waals surface area contributed by atoms with Crippen LogP contribution in [0.2, 0.25) is 0 Å². The van der Waals surface area contributed by atoms with E-state index in [2.05, 4.69) is 32.9 Å². The van der Waals surface area contributed by atoms with Gasteiger partial charge >= 0.3 is 5.69 Å². The predicted molar refractivity (Wildman–Crippen MR) is 123 cm³/mol. The number of aliphatic hydroxyl groups is 3. The Bertz CT molecular complexity index is 1020. The van der Waals surface area contributed by atoms with E-state index in [1.54, 1.807) is 6.08 Å². The lowest BCUT2D eigenvalue weighted by atomic mass is 10.1. The quantitative estimate of drug-likeness (QED) is 0.456. The summed E-state index contributed by atoms with van der Waals surface area (Å²) in [5.74, 6) is -1.19. The van der Waals surface area contributed by atoms with Crippen LogP contribution in [0.5, 0.6) is 0 Å². The van der Waals surface area contributed by atoms with E-state index in [1.165, 1.54) is 11.1 Å². The molecule has 0 aliphatic carbocycles. The number of halogens is 1. The molecule has 9 heteroatoms. The fraction of sp³-hybridized carbons (Fsp3) is 0.583. The van der Waals surface area contributed by atoms with Crippen molar-refractivity contribution < 1.29 is 24.4 Å². The van der Waals surface area contributed by atoms with Gasteiger partial charge in [0.1, 0.15) is 18.3 Å². The molecule has 2 rings (SSSR count). The lowest BCUT2D eigenvalue weighted by Crippen LogP contribution is -2.44. The summed E-state index contributed by atoms with van der Waals surface area (Å²) in [6.45, 7) is 7.38. The summed E-state index contributed by atoms with van der Waals surface area (Å²) in [4.78, 5) is 25.0. The number of hydrogen-bond donors (Lipinski definition) is 3. The van der Waals surface area contributed by atoms with Gasteiger partial charge in [0, 0.05) is 6.54 Å². The molecule has 0 bridgehead atoms. The zero-order valence-electron chi connectivity index (χ0n) is 19.7. The second-order valence-electron chi connectivity index (χ2n) is 8.77. The minimum Gasteiger partial charge on any atom is -0.394 e. The van der Waals surface area contributed by atoms with E-state index in [9.17, 15) is 29.3 Å². The fourth-order valence-corrected chi connectivity index (χ4v) is 3.63. The second-order valence-corrected chi connectivity index (χ2v) is 8.77. The Balaban J connectivity index is 2.11. The van der Waals surface area contributed by atoms with Crippen molar-refractivity contribution in [1.82, 2.24) is 9.13 Å². The molecule has 0 radical (unpaired) electrons. The topological polar surface area (TPSA) is 114 Å². The van der Waals surface area contributed by atoms with Crippen LogP contribution in [0.25, 0.3) is 0 Å². The third-order valence-corrected chi connectivity index (χ3v) is 5.69. The van der Waals surface area contributed by atoms with Crippen LogP contribution in [-0.4, -0.2) is 49.4 Å². The molecule has 1 aliphatic heterocycles. The van der Waals surface area contributed by atoms with Gasteiger partial charge in [0.05, 0.1) is 12.8 Å². The lowest BCUT2D eigenvalue weighted by Gasteiger charge is -2.18. The average Bonchev–Trinajstić information content (AvgIpc) is 3.04. The Hall–Kier alpha value is -2.33. The first kappa shape index (κ1) is 26.9. The molecule has 0 amide bonds. The maximum absolute atomic E-state index is 14.3. The van der Waals surface area contributed by atoms with Gasteiger partial charge in [-0.15, -0.1) is 0 Å². The summed E-state index contributed by atoms with van der Waals surface area (Å²) in [5.41, 5.74) is 1.57. The van der Waals surface area contributed by atoms with Gasteiger partial charge in [-0.1, -0.05) is 34.9 Å². The molecule has 0 spiro atoms. The smallest absolute Gasteiger partial charge is 0.333 e. The molecule has 3 N–H and O–H groups in total. The summed E-state index contributed by atoms with van der Waals surface area (Å²) in [5, 5.41) is 29.3. The molecule has 8 nitrogen and oxygen atoms in total. The molecule has 4 atom stereocenters. The molecule has 33 heavy (non-hydrogen) atoms. The third-order valence-electron chi connectivity index (χ3n) is 5.69. The molecule has 1 aliphatic rings. The number of nitrogens with zero attached hydrogens (tertiary/aromatic N) is 2. The molecule has 0 saturated carbocycles. The minimum atomic E-state index is -1.56. The summed E-state index contributed by atoms with van der Waals surface area (Å²) in [7, 11) is 0. The van der Waals surface area contributed by atoms with Gasteiger partial charge < -0.3 is 20.1 Å². The first-order chi connectivity index (χ1) is 15.6. The van der Waals surface area contributed by atoms with Gasteiger partial charge in [0.2, 0.25) is 5.82 Å². The summed E-state index contributed by atoms with van der Waals surface area (Å²) >= 11 is 0. The highest BCUT2D eigenvalue weighted by Crippen LogP contribution is 2.28. The minimum absolute atomic E-state index is 0.140. The van der Waals surface area contributed by atoms with Gasteiger partial charge in [0.15, 0.2) is 6.23 Å². The number of rotatable bonds is 10. The maximum atomic E-state index is 14.3. The van der Waals surface area contributed by atoms with Crippen molar-refractivity contribution in [3.63, 3.8) is 0 Å². The summed E-state index contributed by atoms with van der Waals surface area (Å²) < 4.78 is 21.0. The van der Waals surface area contributed by atoms with Crippen molar-refractivity contribution >= 4 is 0 Å². The first-order valence-electron chi connectivity index (χ1n) is 11.1. The van der Waals surface area contributed by atoms with Crippen LogP contribution in [0.3, 0.4) is 0 Å². The normalized spacial score (nSPS) is 23.8. The van der Waals surface area contributed by atoms with E-state index in [4.69, 9.17) is 4.74 Å². The molecular formula is C24H35FN2O6. The number of ether oxygens (including phenoxy) is 1. The Labute approximate surface area is 192 Å². The van der Waals surface area contributed by atoms with Crippen molar-refractivity contribution in [2.45, 2.75) is 84.5 Å². The van der Waals surface area contributed by atoms with Crippen LogP contribution in [0.1, 0.15) is 59.6 Å². The van der Waals surface area contributed by atoms with Crippen molar-refractivity contribution in [2.24, 2.45) is 0 Å². The molecule has 0 aromatic carbocycles. The van der Waals surface area contributed by atoms with E-state index in [1.807, 2.05) is 6.92 Å². The highest BCUT2D eigenvalue weighted by Gasteiger charge is 2.44. The predicted octanol–water partition coefficient (Wildman–Crippen LogP) is 2.18. The molecule has 1 saturated heterocycles. The summed E-state index contributed by atoms with van der Waals surface area (Å²) in [6, 6.07) is 0. The van der Waals surface area contributed by atoms with Crippen LogP contribution in [-0.2, 0) is 11.3 Å². The maximum Gasteiger partial charge on any atom is 0.333 e. The van der Waals surface area contributed by atoms with Crippen LogP contribution < -0.4 is 11.2 Å². The van der Waals surface area contributed by atoms with Gasteiger partial charge in [-0.2, -0.15) is 4.39 Å². The van der Waals surface area contributed by atoms with Crippen LogP contribution in [0.15, 0.2) is 50.7 Å². The lowest BCUT2D eigenvalue weighted by molar-refractivity contribution is -0.0560. The van der Waals surface area contributed by atoms with Gasteiger partial charge in [0.25, 0.3) is 5.56 Å². The van der Waals surface area contributed by atoms with E-state index in [0.29, 0.717) is 10.8 Å². The highest BCUT2D eigenvalue weighted by molar-refractivity contribution is 5.06. The number of hydrogen-bond acceptors (Lipinski definition) is 6. The standard InChI is InChI=1S/C24H35FN2O6/c1-15(2)7-5-8-16(3)9-6-10-17(4)11-12-26-22(31)18(25)13-27(24(26)32)23-21(30)20(29)19(14-28)33-23/h7,9,11,13,19-21,23,28-30H,5-6,8,10,12,14H2,1-4H3/b16-9+,17-11+/t19-,20?,21?,23-/m1/s1. The van der Waals surface area contributed by atoms with Gasteiger partial charge in [-0.25, -0.2) is 4.79 Å². The van der Waals surface area contributed by atoms with Gasteiger partial charge in [-0.3, -0.25) is 13.9 Å². The first-order valence-corrected chi connectivity index (χ1v) is 11.1. The molecule has 1 aromatic rings. The van der Waals surface area contributed by atoms with E-state index < -0.39 is 48.2 Å².